The number of nitriles is 1. The summed E-state index contributed by atoms with van der Waals surface area (Å²) < 4.78 is 14.6. The van der Waals surface area contributed by atoms with Gasteiger partial charge in [-0.2, -0.15) is 10.4 Å². The van der Waals surface area contributed by atoms with Crippen LogP contribution in [0.25, 0.3) is 5.69 Å². The average Bonchev–Trinajstić information content (AvgIpc) is 3.33. The summed E-state index contributed by atoms with van der Waals surface area (Å²) in [5.41, 5.74) is 13.6. The minimum absolute atomic E-state index is 0.255. The van der Waals surface area contributed by atoms with Crippen molar-refractivity contribution in [2.75, 3.05) is 31.9 Å². The Balaban J connectivity index is 1.53. The summed E-state index contributed by atoms with van der Waals surface area (Å²) in [6.45, 7) is 5.68. The van der Waals surface area contributed by atoms with Crippen LogP contribution in [0.5, 0.6) is 0 Å². The fourth-order valence-corrected chi connectivity index (χ4v) is 3.80. The van der Waals surface area contributed by atoms with Gasteiger partial charge in [0.2, 0.25) is 0 Å². The highest BCUT2D eigenvalue weighted by molar-refractivity contribution is 5.77. The zero-order chi connectivity index (χ0) is 21.5. The number of aromatic nitrogens is 2. The van der Waals surface area contributed by atoms with Crippen molar-refractivity contribution in [1.29, 1.82) is 5.26 Å². The van der Waals surface area contributed by atoms with Crippen LogP contribution >= 0.6 is 0 Å². The zero-order valence-electron chi connectivity index (χ0n) is 17.3. The third-order valence-corrected chi connectivity index (χ3v) is 5.45. The highest BCUT2D eigenvalue weighted by Crippen LogP contribution is 2.21. The van der Waals surface area contributed by atoms with Crippen molar-refractivity contribution in [2.45, 2.75) is 38.6 Å². The molecule has 1 atom stereocenters. The number of benzene rings is 1. The van der Waals surface area contributed by atoms with Crippen molar-refractivity contribution in [3.63, 3.8) is 0 Å². The number of nitrogen functional groups attached to an aromatic ring is 1. The number of guanidine groups is 1. The Morgan fingerprint density at radius 3 is 2.87 bits per heavy atom. The van der Waals surface area contributed by atoms with Gasteiger partial charge in [-0.1, -0.05) is 6.92 Å². The Labute approximate surface area is 176 Å². The summed E-state index contributed by atoms with van der Waals surface area (Å²) in [5, 5.41) is 17.0. The van der Waals surface area contributed by atoms with Gasteiger partial charge in [-0.05, 0) is 63.0 Å². The fourth-order valence-electron chi connectivity index (χ4n) is 3.80. The molecule has 0 radical (unpaired) electrons. The molecule has 3 rings (SSSR count). The van der Waals surface area contributed by atoms with Crippen LogP contribution in [0.1, 0.15) is 37.4 Å². The average molecular weight is 413 g/mol. The van der Waals surface area contributed by atoms with Gasteiger partial charge >= 0.3 is 0 Å². The Hall–Kier alpha value is -3.12. The second kappa shape index (κ2) is 10.1. The Kier molecular flexibility index (Phi) is 7.25. The van der Waals surface area contributed by atoms with E-state index in [1.165, 1.54) is 29.7 Å². The van der Waals surface area contributed by atoms with Crippen molar-refractivity contribution in [1.82, 2.24) is 20.0 Å². The quantitative estimate of drug-likeness (QED) is 0.345. The molecule has 160 valence electrons. The molecule has 9 heteroatoms. The molecule has 0 saturated carbocycles. The second-order valence-corrected chi connectivity index (χ2v) is 7.39. The lowest BCUT2D eigenvalue weighted by Crippen LogP contribution is -2.36. The van der Waals surface area contributed by atoms with E-state index in [1.54, 1.807) is 12.1 Å². The smallest absolute Gasteiger partial charge is 0.188 e. The van der Waals surface area contributed by atoms with E-state index in [2.05, 4.69) is 33.3 Å². The van der Waals surface area contributed by atoms with Gasteiger partial charge in [0.1, 0.15) is 23.3 Å². The predicted molar refractivity (Wildman–Crippen MR) is 116 cm³/mol. The molecule has 0 aliphatic carbocycles. The monoisotopic (exact) mass is 412 g/mol. The first-order valence-corrected chi connectivity index (χ1v) is 10.3. The maximum atomic E-state index is 13.2. The van der Waals surface area contributed by atoms with Gasteiger partial charge in [-0.3, -0.25) is 9.89 Å². The van der Waals surface area contributed by atoms with Crippen molar-refractivity contribution in [3.05, 3.63) is 41.3 Å². The van der Waals surface area contributed by atoms with Crippen LogP contribution in [-0.4, -0.2) is 52.9 Å². The number of nitrogens with two attached hydrogens (primary N) is 2. The molecule has 1 unspecified atom stereocenters. The van der Waals surface area contributed by atoms with E-state index in [1.807, 2.05) is 0 Å². The van der Waals surface area contributed by atoms with Crippen LogP contribution in [0.2, 0.25) is 0 Å². The summed E-state index contributed by atoms with van der Waals surface area (Å²) in [5.74, 6) is 0.353. The topological polar surface area (TPSA) is 121 Å². The highest BCUT2D eigenvalue weighted by Gasteiger charge is 2.22. The van der Waals surface area contributed by atoms with Crippen molar-refractivity contribution >= 4 is 11.8 Å². The zero-order valence-corrected chi connectivity index (χ0v) is 17.3. The third-order valence-electron chi connectivity index (χ3n) is 5.45. The van der Waals surface area contributed by atoms with E-state index in [4.69, 9.17) is 11.5 Å². The Morgan fingerprint density at radius 2 is 2.17 bits per heavy atom. The maximum Gasteiger partial charge on any atom is 0.188 e. The minimum atomic E-state index is -0.342. The SMILES string of the molecule is CCN1CCCC1CN=C(N)NCCCc1nn(-c2ccc(F)cc2)c(N)c1C#N. The molecule has 0 bridgehead atoms. The summed E-state index contributed by atoms with van der Waals surface area (Å²) in [6.07, 6.45) is 3.67. The van der Waals surface area contributed by atoms with Crippen LogP contribution in [0, 0.1) is 17.1 Å². The van der Waals surface area contributed by atoms with Crippen molar-refractivity contribution in [2.24, 2.45) is 10.7 Å². The number of nitrogens with zero attached hydrogens (tertiary/aromatic N) is 5. The number of aliphatic imine (C=N–C) groups is 1. The summed E-state index contributed by atoms with van der Waals surface area (Å²) >= 11 is 0. The summed E-state index contributed by atoms with van der Waals surface area (Å²) in [6, 6.07) is 8.42. The van der Waals surface area contributed by atoms with Gasteiger partial charge in [-0.25, -0.2) is 9.07 Å². The van der Waals surface area contributed by atoms with Crippen molar-refractivity contribution < 1.29 is 4.39 Å². The Morgan fingerprint density at radius 1 is 1.40 bits per heavy atom. The second-order valence-electron chi connectivity index (χ2n) is 7.39. The molecule has 1 aromatic carbocycles. The molecule has 0 spiro atoms. The molecular formula is C21H29FN8. The molecule has 30 heavy (non-hydrogen) atoms. The van der Waals surface area contributed by atoms with Gasteiger partial charge in [0.25, 0.3) is 0 Å². The molecular weight excluding hydrogens is 383 g/mol. The van der Waals surface area contributed by atoms with Crippen LogP contribution in [0.3, 0.4) is 0 Å². The van der Waals surface area contributed by atoms with E-state index < -0.39 is 0 Å². The first kappa shape index (κ1) is 21.6. The largest absolute Gasteiger partial charge is 0.382 e. The number of anilines is 1. The van der Waals surface area contributed by atoms with E-state index >= 15 is 0 Å². The number of hydrogen-bond donors (Lipinski definition) is 3. The van der Waals surface area contributed by atoms with Crippen LogP contribution < -0.4 is 16.8 Å². The lowest BCUT2D eigenvalue weighted by atomic mass is 10.1. The minimum Gasteiger partial charge on any atom is -0.382 e. The van der Waals surface area contributed by atoms with Gasteiger partial charge in [0.15, 0.2) is 5.96 Å². The van der Waals surface area contributed by atoms with E-state index in [0.717, 1.165) is 19.5 Å². The molecule has 2 heterocycles. The first-order valence-electron chi connectivity index (χ1n) is 10.3. The molecule has 1 saturated heterocycles. The molecule has 1 aliphatic rings. The van der Waals surface area contributed by atoms with E-state index in [9.17, 15) is 9.65 Å². The lowest BCUT2D eigenvalue weighted by molar-refractivity contribution is 0.273. The van der Waals surface area contributed by atoms with Gasteiger partial charge in [0.05, 0.1) is 17.9 Å². The summed E-state index contributed by atoms with van der Waals surface area (Å²) in [7, 11) is 0. The molecule has 1 fully saturated rings. The summed E-state index contributed by atoms with van der Waals surface area (Å²) in [4.78, 5) is 6.90. The number of likely N-dealkylation sites (tertiary alicyclic amines) is 1. The molecule has 0 amide bonds. The number of halogens is 1. The fraction of sp³-hybridized carbons (Fsp3) is 0.476. The Bertz CT molecular complexity index is 912. The van der Waals surface area contributed by atoms with Crippen LogP contribution in [0.15, 0.2) is 29.3 Å². The van der Waals surface area contributed by atoms with E-state index in [-0.39, 0.29) is 11.6 Å². The number of aryl methyl sites for hydroxylation is 1. The van der Waals surface area contributed by atoms with Crippen LogP contribution in [-0.2, 0) is 6.42 Å². The molecule has 1 aliphatic heterocycles. The number of likely N-dealkylation sites (N-methyl/N-ethyl adjacent to an activating group) is 1. The number of rotatable bonds is 8. The third kappa shape index (κ3) is 5.07. The number of nitrogens with one attached hydrogen (secondary N) is 1. The molecule has 5 N–H and O–H groups in total. The standard InChI is InChI=1S/C21H29FN8/c1-2-29-12-4-5-17(29)14-27-21(25)26-11-3-6-19-18(13-23)20(24)30(28-19)16-9-7-15(22)8-10-16/h7-10,17H,2-6,11-12,14,24H2,1H3,(H3,25,26,27). The molecule has 8 nitrogen and oxygen atoms in total. The predicted octanol–water partition coefficient (Wildman–Crippen LogP) is 1.79. The van der Waals surface area contributed by atoms with Crippen LogP contribution in [0.4, 0.5) is 10.2 Å². The highest BCUT2D eigenvalue weighted by atomic mass is 19.1. The first-order chi connectivity index (χ1) is 14.5. The lowest BCUT2D eigenvalue weighted by Gasteiger charge is -2.20. The molecule has 1 aromatic heterocycles. The van der Waals surface area contributed by atoms with Crippen molar-refractivity contribution in [3.8, 4) is 11.8 Å². The van der Waals surface area contributed by atoms with Gasteiger partial charge in [-0.15, -0.1) is 0 Å². The normalized spacial score (nSPS) is 17.2. The van der Waals surface area contributed by atoms with E-state index in [0.29, 0.717) is 48.5 Å². The molecule has 2 aromatic rings. The van der Waals surface area contributed by atoms with Gasteiger partial charge in [0, 0.05) is 12.6 Å². The maximum absolute atomic E-state index is 13.2. The van der Waals surface area contributed by atoms with Gasteiger partial charge < -0.3 is 16.8 Å². The number of hydrogen-bond acceptors (Lipinski definition) is 5.